The van der Waals surface area contributed by atoms with Gasteiger partial charge >= 0.3 is 5.97 Å². The van der Waals surface area contributed by atoms with Crippen molar-refractivity contribution < 1.29 is 43.3 Å². The number of carbonyl (C=O) groups excluding carboxylic acids is 5. The fourth-order valence-corrected chi connectivity index (χ4v) is 8.53. The molecule has 4 N–H and O–H groups in total. The maximum atomic E-state index is 14.5. The van der Waals surface area contributed by atoms with Crippen LogP contribution in [0.5, 0.6) is 0 Å². The molecule has 1 aliphatic heterocycles. The summed E-state index contributed by atoms with van der Waals surface area (Å²) >= 11 is 0. The van der Waals surface area contributed by atoms with Gasteiger partial charge in [0.25, 0.3) is 0 Å². The van der Waals surface area contributed by atoms with E-state index in [9.17, 15) is 33.9 Å². The van der Waals surface area contributed by atoms with Gasteiger partial charge < -0.3 is 45.2 Å². The number of ether oxygens (including phenoxy) is 2. The molecule has 1 aromatic carbocycles. The normalized spacial score (nSPS) is 18.5. The van der Waals surface area contributed by atoms with Gasteiger partial charge in [0.15, 0.2) is 0 Å². The van der Waals surface area contributed by atoms with Gasteiger partial charge in [-0.25, -0.2) is 4.79 Å². The van der Waals surface area contributed by atoms with Gasteiger partial charge in [-0.05, 0) is 49.6 Å². The molecule has 344 valence electrons. The molecule has 15 nitrogen and oxygen atoms in total. The maximum absolute atomic E-state index is 14.5. The lowest BCUT2D eigenvalue weighted by Gasteiger charge is -2.40. The molecule has 0 aliphatic carbocycles. The Morgan fingerprint density at radius 1 is 0.852 bits per heavy atom. The molecule has 1 fully saturated rings. The summed E-state index contributed by atoms with van der Waals surface area (Å²) in [5.74, 6) is -4.32. The lowest BCUT2D eigenvalue weighted by Crippen LogP contribution is -2.61. The van der Waals surface area contributed by atoms with E-state index in [0.717, 1.165) is 12.0 Å². The first-order chi connectivity index (χ1) is 28.7. The molecule has 5 amide bonds. The molecule has 1 aromatic rings. The largest absolute Gasteiger partial charge is 0.480 e. The molecule has 0 bridgehead atoms. The Morgan fingerprint density at radius 2 is 1.44 bits per heavy atom. The Bertz CT molecular complexity index is 1620. The molecule has 1 aliphatic rings. The minimum atomic E-state index is -1.16. The fourth-order valence-electron chi connectivity index (χ4n) is 8.53. The number of hydrogen-bond donors (Lipinski definition) is 4. The van der Waals surface area contributed by atoms with E-state index in [0.29, 0.717) is 31.4 Å². The van der Waals surface area contributed by atoms with E-state index >= 15 is 0 Å². The number of likely N-dealkylation sites (N-methyl/N-ethyl adjacent to an activating group) is 3. The highest BCUT2D eigenvalue weighted by Gasteiger charge is 2.43. The first kappa shape index (κ1) is 52.8. The van der Waals surface area contributed by atoms with Crippen LogP contribution < -0.4 is 16.0 Å². The van der Waals surface area contributed by atoms with Crippen molar-refractivity contribution in [3.63, 3.8) is 0 Å². The third-order valence-corrected chi connectivity index (χ3v) is 12.4. The minimum absolute atomic E-state index is 0.0374. The van der Waals surface area contributed by atoms with Crippen molar-refractivity contribution in [3.8, 4) is 0 Å². The number of amides is 5. The minimum Gasteiger partial charge on any atom is -0.480 e. The molecule has 0 unspecified atom stereocenters. The predicted molar refractivity (Wildman–Crippen MR) is 236 cm³/mol. The second-order valence-corrected chi connectivity index (χ2v) is 17.3. The van der Waals surface area contributed by atoms with Gasteiger partial charge in [-0.2, -0.15) is 0 Å². The highest BCUT2D eigenvalue weighted by Crippen LogP contribution is 2.29. The Morgan fingerprint density at radius 3 is 1.93 bits per heavy atom. The van der Waals surface area contributed by atoms with Crippen LogP contribution in [0.3, 0.4) is 0 Å². The molecule has 1 heterocycles. The van der Waals surface area contributed by atoms with Gasteiger partial charge in [-0.15, -0.1) is 0 Å². The molecule has 0 spiro atoms. The average molecular weight is 857 g/mol. The van der Waals surface area contributed by atoms with Crippen LogP contribution in [0, 0.1) is 23.7 Å². The summed E-state index contributed by atoms with van der Waals surface area (Å²) in [5.41, 5.74) is 1.42. The van der Waals surface area contributed by atoms with Crippen LogP contribution in [0.1, 0.15) is 93.1 Å². The molecule has 0 saturated carbocycles. The van der Waals surface area contributed by atoms with Crippen molar-refractivity contribution in [2.75, 3.05) is 41.9 Å². The smallest absolute Gasteiger partial charge is 0.326 e. The predicted octanol–water partition coefficient (Wildman–Crippen LogP) is 3.90. The van der Waals surface area contributed by atoms with Crippen LogP contribution in [0.4, 0.5) is 0 Å². The number of carbonyl (C=O) groups is 6. The van der Waals surface area contributed by atoms with Gasteiger partial charge in [0.1, 0.15) is 18.1 Å². The number of hydrogen-bond acceptors (Lipinski definition) is 9. The average Bonchev–Trinajstić information content (AvgIpc) is 3.71. The van der Waals surface area contributed by atoms with Crippen LogP contribution in [0.15, 0.2) is 42.5 Å². The molecule has 0 aromatic heterocycles. The van der Waals surface area contributed by atoms with Crippen molar-refractivity contribution in [3.05, 3.63) is 48.0 Å². The molecular formula is C46H76N6O9. The lowest BCUT2D eigenvalue weighted by atomic mass is 9.92. The monoisotopic (exact) mass is 857 g/mol. The van der Waals surface area contributed by atoms with E-state index in [1.165, 1.54) is 24.0 Å². The number of nitrogens with zero attached hydrogens (tertiary/aromatic N) is 3. The summed E-state index contributed by atoms with van der Waals surface area (Å²) in [5, 5.41) is 18.7. The zero-order valence-electron chi connectivity index (χ0n) is 39.0. The van der Waals surface area contributed by atoms with Gasteiger partial charge in [-0.1, -0.05) is 104 Å². The van der Waals surface area contributed by atoms with Crippen LogP contribution in [-0.2, 0) is 44.7 Å². The quantitative estimate of drug-likeness (QED) is 0.105. The number of benzene rings is 1. The Balaban J connectivity index is 2.32. The van der Waals surface area contributed by atoms with E-state index in [-0.39, 0.29) is 42.4 Å². The van der Waals surface area contributed by atoms with Crippen molar-refractivity contribution in [2.45, 2.75) is 142 Å². The van der Waals surface area contributed by atoms with Crippen molar-refractivity contribution in [1.29, 1.82) is 0 Å². The number of aliphatic carboxylic acids is 1. The third kappa shape index (κ3) is 13.8. The number of nitrogens with one attached hydrogen (secondary N) is 3. The number of rotatable bonds is 25. The highest BCUT2D eigenvalue weighted by molar-refractivity contribution is 5.93. The second kappa shape index (κ2) is 24.9. The molecular weight excluding hydrogens is 781 g/mol. The van der Waals surface area contributed by atoms with Crippen molar-refractivity contribution in [1.82, 2.24) is 30.7 Å². The van der Waals surface area contributed by atoms with E-state index in [4.69, 9.17) is 9.47 Å². The molecule has 2 rings (SSSR count). The molecule has 0 radical (unpaired) electrons. The van der Waals surface area contributed by atoms with E-state index in [1.807, 2.05) is 54.5 Å². The van der Waals surface area contributed by atoms with Gasteiger partial charge in [-0.3, -0.25) is 24.0 Å². The zero-order chi connectivity index (χ0) is 46.3. The molecule has 10 atom stereocenters. The molecule has 61 heavy (non-hydrogen) atoms. The number of carboxylic acids is 1. The van der Waals surface area contributed by atoms with Crippen molar-refractivity contribution >= 4 is 35.5 Å². The van der Waals surface area contributed by atoms with E-state index in [2.05, 4.69) is 22.5 Å². The number of carboxylic acid groups (broad SMARTS) is 1. The molecule has 15 heteroatoms. The fraction of sp³-hybridized carbons (Fsp3) is 0.696. The topological polar surface area (TPSA) is 187 Å². The standard InChI is InChI=1S/C46H76N6O9/c1-15-29(7)38(47-10)45(57)50(11)39(28(5)6)43(55)49-37(27(3)4)44(56)51(12)40(30(8)16-2)35(60-13)26-36(53)52-24-20-23-34(52)41(61-14)31(9)42(54)48-33(46(58)59)25-32-21-18-17-19-22-32/h17-19,21-22,27-29,31,33-35,37-41,47H,8,15-16,20,23-26H2,1-7,9-14H3,(H,48,54)(H,49,55)(H,58,59)/t29-,31+,33-,34-,35+,37-,38-,39-,40-,41+/m0/s1. The first-order valence-electron chi connectivity index (χ1n) is 21.8. The Kier molecular flexibility index (Phi) is 21.6. The maximum Gasteiger partial charge on any atom is 0.326 e. The first-order valence-corrected chi connectivity index (χ1v) is 21.8. The van der Waals surface area contributed by atoms with Crippen LogP contribution >= 0.6 is 0 Å². The lowest BCUT2D eigenvalue weighted by molar-refractivity contribution is -0.147. The Labute approximate surface area is 364 Å². The molecule has 1 saturated heterocycles. The van der Waals surface area contributed by atoms with Crippen LogP contribution in [-0.4, -0.2) is 146 Å². The second-order valence-electron chi connectivity index (χ2n) is 17.3. The van der Waals surface area contributed by atoms with Crippen molar-refractivity contribution in [2.24, 2.45) is 23.7 Å². The highest BCUT2D eigenvalue weighted by atomic mass is 16.5. The number of likely N-dealkylation sites (tertiary alicyclic amines) is 1. The summed E-state index contributed by atoms with van der Waals surface area (Å²) in [6, 6.07) is 4.38. The van der Waals surface area contributed by atoms with Gasteiger partial charge in [0.2, 0.25) is 29.5 Å². The summed E-state index contributed by atoms with van der Waals surface area (Å²) in [6.45, 7) is 19.7. The van der Waals surface area contributed by atoms with E-state index in [1.54, 1.807) is 57.2 Å². The summed E-state index contributed by atoms with van der Waals surface area (Å²) in [7, 11) is 7.92. The SMILES string of the molecule is C=C(CC)[C@@H]([C@@H](CC(=O)N1CCC[C@H]1[C@H](OC)[C@@H](C)C(=O)N[C@@H](Cc1ccccc1)C(=O)O)OC)N(C)C(=O)[C@@H](NC(=O)[C@H](C(C)C)N(C)C(=O)[C@@H](NC)[C@@H](C)CC)C(C)C. The Hall–Kier alpha value is -4.34. The van der Waals surface area contributed by atoms with Crippen LogP contribution in [0.2, 0.25) is 0 Å². The van der Waals surface area contributed by atoms with Crippen LogP contribution in [0.25, 0.3) is 0 Å². The summed E-state index contributed by atoms with van der Waals surface area (Å²) in [4.78, 5) is 86.8. The van der Waals surface area contributed by atoms with Gasteiger partial charge in [0.05, 0.1) is 42.7 Å². The summed E-state index contributed by atoms with van der Waals surface area (Å²) in [6.07, 6.45) is 0.921. The third-order valence-electron chi connectivity index (χ3n) is 12.4. The number of methoxy groups -OCH3 is 2. The van der Waals surface area contributed by atoms with E-state index < -0.39 is 78.1 Å². The zero-order valence-corrected chi connectivity index (χ0v) is 39.0. The van der Waals surface area contributed by atoms with Gasteiger partial charge in [0, 0.05) is 41.3 Å². The summed E-state index contributed by atoms with van der Waals surface area (Å²) < 4.78 is 11.9.